The smallest absolute Gasteiger partial charge is 0.251 e. The average molecular weight is 467 g/mol. The fraction of sp³-hybridized carbons (Fsp3) is 0.619. The van der Waals surface area contributed by atoms with Crippen LogP contribution in [0.4, 0.5) is 5.69 Å². The van der Waals surface area contributed by atoms with Crippen molar-refractivity contribution in [3.8, 4) is 0 Å². The lowest BCUT2D eigenvalue weighted by molar-refractivity contribution is -0.122. The Bertz CT molecular complexity index is 734. The molecule has 0 saturated carbocycles. The molecule has 0 aliphatic carbocycles. The minimum atomic E-state index is -0.715. The molecule has 10 nitrogen and oxygen atoms in total. The number of carbonyl (C=O) groups excluding carboxylic acids is 2. The third kappa shape index (κ3) is 11.4. The van der Waals surface area contributed by atoms with Gasteiger partial charge in [-0.25, -0.2) is 0 Å². The van der Waals surface area contributed by atoms with Crippen LogP contribution in [0.3, 0.4) is 0 Å². The van der Waals surface area contributed by atoms with E-state index in [4.69, 9.17) is 15.0 Å². The summed E-state index contributed by atoms with van der Waals surface area (Å²) < 4.78 is 11.1. The molecule has 1 aromatic carbocycles. The Morgan fingerprint density at radius 1 is 1.16 bits per heavy atom. The van der Waals surface area contributed by atoms with Crippen molar-refractivity contribution in [2.45, 2.75) is 32.6 Å². The van der Waals surface area contributed by atoms with Gasteiger partial charge in [0.15, 0.2) is 6.29 Å². The third-order valence-electron chi connectivity index (χ3n) is 4.24. The predicted octanol–water partition coefficient (Wildman–Crippen LogP) is 2.93. The fourth-order valence-corrected chi connectivity index (χ4v) is 3.68. The van der Waals surface area contributed by atoms with E-state index in [0.717, 1.165) is 13.0 Å². The van der Waals surface area contributed by atoms with E-state index in [-0.39, 0.29) is 18.1 Å². The second-order valence-corrected chi connectivity index (χ2v) is 8.16. The number of rotatable bonds is 16. The molecule has 0 heterocycles. The third-order valence-corrected chi connectivity index (χ3v) is 5.31. The molecule has 2 N–H and O–H groups in total. The monoisotopic (exact) mass is 466 g/mol. The molecule has 1 aromatic rings. The highest BCUT2D eigenvalue weighted by atomic mass is 32.2. The second kappa shape index (κ2) is 16.3. The lowest BCUT2D eigenvalue weighted by atomic mass is 10.2. The molecule has 0 fully saturated rings. The number of thioether (sulfide) groups is 1. The number of benzene rings is 1. The van der Waals surface area contributed by atoms with Gasteiger partial charge < -0.3 is 25.0 Å². The van der Waals surface area contributed by atoms with Gasteiger partial charge in [-0.2, -0.15) is 11.8 Å². The Labute approximate surface area is 194 Å². The van der Waals surface area contributed by atoms with E-state index in [1.54, 1.807) is 24.3 Å². The zero-order valence-electron chi connectivity index (χ0n) is 19.2. The van der Waals surface area contributed by atoms with Crippen LogP contribution in [0.15, 0.2) is 29.4 Å². The summed E-state index contributed by atoms with van der Waals surface area (Å²) in [4.78, 5) is 30.2. The first-order valence-corrected chi connectivity index (χ1v) is 11.8. The highest BCUT2D eigenvalue weighted by Crippen LogP contribution is 2.14. The summed E-state index contributed by atoms with van der Waals surface area (Å²) in [5.74, 6) is 0.305. The van der Waals surface area contributed by atoms with Gasteiger partial charge in [0.25, 0.3) is 5.91 Å². The Kier molecular flexibility index (Phi) is 14.2. The summed E-state index contributed by atoms with van der Waals surface area (Å²) in [7, 11) is 3.95. The number of hydrogen-bond donors (Lipinski definition) is 2. The van der Waals surface area contributed by atoms with Crippen molar-refractivity contribution >= 4 is 29.3 Å². The standard InChI is InChI=1S/C21H34N6O4S/c1-5-30-19(31-6-2)15-32-14-18(21(29)23-12-7-13-27(3)4)24-20(28)16-8-10-17(11-9-16)25-26-22/h8-11,18-19H,5-7,12-15H2,1-4H3,(H,23,29)(H,24,28). The first-order valence-electron chi connectivity index (χ1n) is 10.6. The average Bonchev–Trinajstić information content (AvgIpc) is 2.76. The molecule has 0 radical (unpaired) electrons. The Morgan fingerprint density at radius 2 is 1.81 bits per heavy atom. The van der Waals surface area contributed by atoms with Gasteiger partial charge in [0.05, 0.1) is 0 Å². The maximum Gasteiger partial charge on any atom is 0.251 e. The molecule has 1 rings (SSSR count). The summed E-state index contributed by atoms with van der Waals surface area (Å²) >= 11 is 1.48. The van der Waals surface area contributed by atoms with E-state index < -0.39 is 6.04 Å². The van der Waals surface area contributed by atoms with Crippen LogP contribution in [0.25, 0.3) is 10.4 Å². The van der Waals surface area contributed by atoms with Gasteiger partial charge in [-0.15, -0.1) is 0 Å². The molecule has 0 aliphatic heterocycles. The molecule has 32 heavy (non-hydrogen) atoms. The van der Waals surface area contributed by atoms with Gasteiger partial charge in [0.2, 0.25) is 5.91 Å². The first kappa shape index (κ1) is 27.7. The second-order valence-electron chi connectivity index (χ2n) is 7.09. The number of ether oxygens (including phenoxy) is 2. The highest BCUT2D eigenvalue weighted by molar-refractivity contribution is 7.99. The lowest BCUT2D eigenvalue weighted by Crippen LogP contribution is -2.48. The van der Waals surface area contributed by atoms with Gasteiger partial charge in [0.1, 0.15) is 6.04 Å². The van der Waals surface area contributed by atoms with Crippen molar-refractivity contribution in [2.24, 2.45) is 5.11 Å². The molecular formula is C21H34N6O4S. The normalized spacial score (nSPS) is 11.8. The summed E-state index contributed by atoms with van der Waals surface area (Å²) in [6, 6.07) is 5.49. The van der Waals surface area contributed by atoms with Crippen LogP contribution >= 0.6 is 11.8 Å². The Balaban J connectivity index is 2.75. The van der Waals surface area contributed by atoms with E-state index in [2.05, 4.69) is 20.7 Å². The Hall–Kier alpha value is -2.30. The van der Waals surface area contributed by atoms with Crippen molar-refractivity contribution in [2.75, 3.05) is 51.9 Å². The van der Waals surface area contributed by atoms with Crippen LogP contribution in [0.5, 0.6) is 0 Å². The van der Waals surface area contributed by atoms with Crippen molar-refractivity contribution in [1.29, 1.82) is 0 Å². The SMILES string of the molecule is CCOC(CSCC(NC(=O)c1ccc(N=[N+]=[N-])cc1)C(=O)NCCCN(C)C)OCC. The summed E-state index contributed by atoms with van der Waals surface area (Å²) in [5.41, 5.74) is 9.28. The lowest BCUT2D eigenvalue weighted by Gasteiger charge is -2.21. The van der Waals surface area contributed by atoms with Crippen LogP contribution in [0, 0.1) is 0 Å². The van der Waals surface area contributed by atoms with Gasteiger partial charge >= 0.3 is 0 Å². The molecule has 0 bridgehead atoms. The number of nitrogens with one attached hydrogen (secondary N) is 2. The van der Waals surface area contributed by atoms with E-state index in [1.165, 1.54) is 11.8 Å². The van der Waals surface area contributed by atoms with Crippen molar-refractivity contribution < 1.29 is 19.1 Å². The number of nitrogens with zero attached hydrogens (tertiary/aromatic N) is 4. The van der Waals surface area contributed by atoms with Crippen LogP contribution in [-0.4, -0.2) is 81.0 Å². The molecule has 2 amide bonds. The zero-order valence-corrected chi connectivity index (χ0v) is 20.1. The molecule has 0 aliphatic rings. The molecular weight excluding hydrogens is 432 g/mol. The van der Waals surface area contributed by atoms with Gasteiger partial charge in [0, 0.05) is 47.4 Å². The molecule has 11 heteroatoms. The predicted molar refractivity (Wildman–Crippen MR) is 127 cm³/mol. The Morgan fingerprint density at radius 3 is 2.38 bits per heavy atom. The van der Waals surface area contributed by atoms with Crippen LogP contribution in [0.1, 0.15) is 30.6 Å². The van der Waals surface area contributed by atoms with Gasteiger partial charge in [-0.05, 0) is 58.6 Å². The number of hydrogen-bond acceptors (Lipinski definition) is 7. The first-order chi connectivity index (χ1) is 15.4. The number of azide groups is 1. The van der Waals surface area contributed by atoms with E-state index in [1.807, 2.05) is 32.8 Å². The van der Waals surface area contributed by atoms with Crippen LogP contribution < -0.4 is 10.6 Å². The molecule has 0 saturated heterocycles. The van der Waals surface area contributed by atoms with Crippen LogP contribution in [-0.2, 0) is 14.3 Å². The minimum Gasteiger partial charge on any atom is -0.354 e. The molecule has 0 spiro atoms. The van der Waals surface area contributed by atoms with Gasteiger partial charge in [-0.3, -0.25) is 9.59 Å². The topological polar surface area (TPSA) is 129 Å². The quantitative estimate of drug-likeness (QED) is 0.127. The maximum atomic E-state index is 12.8. The van der Waals surface area contributed by atoms with E-state index in [9.17, 15) is 9.59 Å². The van der Waals surface area contributed by atoms with Gasteiger partial charge in [-0.1, -0.05) is 17.2 Å². The summed E-state index contributed by atoms with van der Waals surface area (Å²) in [6.45, 7) is 6.23. The number of amides is 2. The van der Waals surface area contributed by atoms with E-state index >= 15 is 0 Å². The van der Waals surface area contributed by atoms with Crippen molar-refractivity contribution in [3.63, 3.8) is 0 Å². The molecule has 1 atom stereocenters. The largest absolute Gasteiger partial charge is 0.354 e. The maximum absolute atomic E-state index is 12.8. The zero-order chi connectivity index (χ0) is 23.8. The summed E-state index contributed by atoms with van der Waals surface area (Å²) in [6.07, 6.45) is 0.451. The number of carbonyl (C=O) groups is 2. The molecule has 0 aromatic heterocycles. The molecule has 178 valence electrons. The highest BCUT2D eigenvalue weighted by Gasteiger charge is 2.22. The molecule has 1 unspecified atom stereocenters. The van der Waals surface area contributed by atoms with E-state index in [0.29, 0.717) is 42.5 Å². The van der Waals surface area contributed by atoms with Crippen LogP contribution in [0.2, 0.25) is 0 Å². The fourth-order valence-electron chi connectivity index (χ4n) is 2.68. The van der Waals surface area contributed by atoms with Crippen molar-refractivity contribution in [3.05, 3.63) is 40.3 Å². The minimum absolute atomic E-state index is 0.236. The van der Waals surface area contributed by atoms with Crippen molar-refractivity contribution in [1.82, 2.24) is 15.5 Å². The summed E-state index contributed by atoms with van der Waals surface area (Å²) in [5, 5.41) is 9.19.